The molecule has 0 aliphatic carbocycles. The van der Waals surface area contributed by atoms with Crippen LogP contribution in [0.1, 0.15) is 19.3 Å². The molecule has 2 aliphatic rings. The Labute approximate surface area is 61.5 Å². The molecular weight excluding hydrogens is 126 g/mol. The summed E-state index contributed by atoms with van der Waals surface area (Å²) in [5, 5.41) is 5.48. The topological polar surface area (TPSA) is 41.3 Å². The van der Waals surface area contributed by atoms with Crippen LogP contribution in [0.25, 0.3) is 0 Å². The number of hydrogen-bond donors (Lipinski definition) is 2. The first kappa shape index (κ1) is 6.58. The second-order valence-electron chi connectivity index (χ2n) is 3.30. The highest BCUT2D eigenvalue weighted by molar-refractivity contribution is 4.92. The van der Waals surface area contributed by atoms with Gasteiger partial charge < -0.3 is 5.32 Å². The third-order valence-corrected chi connectivity index (χ3v) is 2.67. The highest BCUT2D eigenvalue weighted by Crippen LogP contribution is 2.20. The zero-order valence-corrected chi connectivity index (χ0v) is 6.21. The number of nitrogens with two attached hydrogens (primary N) is 1. The van der Waals surface area contributed by atoms with Crippen LogP contribution in [-0.2, 0) is 0 Å². The van der Waals surface area contributed by atoms with Crippen molar-refractivity contribution in [1.82, 2.24) is 10.3 Å². The Kier molecular flexibility index (Phi) is 1.64. The molecule has 2 saturated heterocycles. The van der Waals surface area contributed by atoms with Crippen molar-refractivity contribution in [1.29, 1.82) is 0 Å². The van der Waals surface area contributed by atoms with Crippen LogP contribution in [0.15, 0.2) is 0 Å². The lowest BCUT2D eigenvalue weighted by Crippen LogP contribution is -2.51. The van der Waals surface area contributed by atoms with E-state index in [0.717, 1.165) is 13.1 Å². The van der Waals surface area contributed by atoms with Crippen LogP contribution in [0.3, 0.4) is 0 Å². The smallest absolute Gasteiger partial charge is 0.0406 e. The molecule has 0 aromatic carbocycles. The van der Waals surface area contributed by atoms with E-state index in [2.05, 4.69) is 5.32 Å². The zero-order valence-electron chi connectivity index (χ0n) is 6.21. The van der Waals surface area contributed by atoms with E-state index in [-0.39, 0.29) is 0 Å². The Bertz CT molecular complexity index is 126. The van der Waals surface area contributed by atoms with E-state index >= 15 is 0 Å². The number of nitrogens with zero attached hydrogens (tertiary/aromatic N) is 1. The second kappa shape index (κ2) is 2.49. The monoisotopic (exact) mass is 141 g/mol. The summed E-state index contributed by atoms with van der Waals surface area (Å²) in [6.45, 7) is 2.24. The fourth-order valence-electron chi connectivity index (χ4n) is 2.10. The van der Waals surface area contributed by atoms with Gasteiger partial charge >= 0.3 is 0 Å². The van der Waals surface area contributed by atoms with E-state index in [0.29, 0.717) is 12.1 Å². The summed E-state index contributed by atoms with van der Waals surface area (Å²) in [6.07, 6.45) is 3.81. The first-order valence-corrected chi connectivity index (χ1v) is 4.12. The average molecular weight is 141 g/mol. The Morgan fingerprint density at radius 2 is 2.30 bits per heavy atom. The molecule has 0 aromatic rings. The van der Waals surface area contributed by atoms with E-state index in [1.807, 2.05) is 5.01 Å². The summed E-state index contributed by atoms with van der Waals surface area (Å²) in [5.74, 6) is 5.81. The van der Waals surface area contributed by atoms with Gasteiger partial charge in [-0.2, -0.15) is 0 Å². The summed E-state index contributed by atoms with van der Waals surface area (Å²) >= 11 is 0. The minimum Gasteiger partial charge on any atom is -0.312 e. The maximum absolute atomic E-state index is 5.81. The summed E-state index contributed by atoms with van der Waals surface area (Å²) in [7, 11) is 0. The average Bonchev–Trinajstić information content (AvgIpc) is 2.36. The normalized spacial score (nSPS) is 41.7. The Balaban J connectivity index is 2.03. The van der Waals surface area contributed by atoms with Gasteiger partial charge in [-0.3, -0.25) is 5.84 Å². The molecule has 0 bridgehead atoms. The third-order valence-electron chi connectivity index (χ3n) is 2.67. The van der Waals surface area contributed by atoms with Crippen LogP contribution >= 0.6 is 0 Å². The maximum Gasteiger partial charge on any atom is 0.0406 e. The molecule has 2 rings (SSSR count). The molecule has 58 valence electrons. The SMILES string of the molecule is NN1CCC[C@@H]2NCC[C@@H]21. The molecule has 10 heavy (non-hydrogen) atoms. The molecule has 2 atom stereocenters. The molecule has 3 N–H and O–H groups in total. The first-order valence-electron chi connectivity index (χ1n) is 4.12. The molecule has 3 heteroatoms. The number of nitrogens with one attached hydrogen (secondary N) is 1. The number of hydrogen-bond acceptors (Lipinski definition) is 3. The lowest BCUT2D eigenvalue weighted by Gasteiger charge is -2.33. The predicted octanol–water partition coefficient (Wildman–Crippen LogP) is -0.314. The van der Waals surface area contributed by atoms with Gasteiger partial charge in [-0.05, 0) is 25.8 Å². The summed E-state index contributed by atoms with van der Waals surface area (Å²) in [4.78, 5) is 0. The molecule has 0 radical (unpaired) electrons. The van der Waals surface area contributed by atoms with Crippen molar-refractivity contribution >= 4 is 0 Å². The van der Waals surface area contributed by atoms with Crippen molar-refractivity contribution in [3.05, 3.63) is 0 Å². The summed E-state index contributed by atoms with van der Waals surface area (Å²) < 4.78 is 0. The van der Waals surface area contributed by atoms with Crippen molar-refractivity contribution in [2.45, 2.75) is 31.3 Å². The van der Waals surface area contributed by atoms with Crippen LogP contribution in [0.5, 0.6) is 0 Å². The Morgan fingerprint density at radius 3 is 3.10 bits per heavy atom. The van der Waals surface area contributed by atoms with Crippen LogP contribution < -0.4 is 11.2 Å². The second-order valence-corrected chi connectivity index (χ2v) is 3.30. The Morgan fingerprint density at radius 1 is 1.40 bits per heavy atom. The van der Waals surface area contributed by atoms with Crippen molar-refractivity contribution in [3.8, 4) is 0 Å². The van der Waals surface area contributed by atoms with Crippen LogP contribution in [-0.4, -0.2) is 30.2 Å². The van der Waals surface area contributed by atoms with E-state index in [9.17, 15) is 0 Å². The highest BCUT2D eigenvalue weighted by atomic mass is 15.4. The van der Waals surface area contributed by atoms with Gasteiger partial charge in [0.05, 0.1) is 0 Å². The van der Waals surface area contributed by atoms with Gasteiger partial charge in [-0.25, -0.2) is 5.01 Å². The zero-order chi connectivity index (χ0) is 6.97. The van der Waals surface area contributed by atoms with Crippen LogP contribution in [0.4, 0.5) is 0 Å². The standard InChI is InChI=1S/C7H15N3/c8-10-5-1-2-6-7(10)3-4-9-6/h6-7,9H,1-5,8H2/t6-,7-/m0/s1. The summed E-state index contributed by atoms with van der Waals surface area (Å²) in [5.41, 5.74) is 0. The van der Waals surface area contributed by atoms with E-state index in [1.54, 1.807) is 0 Å². The van der Waals surface area contributed by atoms with E-state index < -0.39 is 0 Å². The van der Waals surface area contributed by atoms with E-state index in [4.69, 9.17) is 5.84 Å². The van der Waals surface area contributed by atoms with Gasteiger partial charge in [0.15, 0.2) is 0 Å². The molecule has 2 aliphatic heterocycles. The molecule has 3 nitrogen and oxygen atoms in total. The van der Waals surface area contributed by atoms with Gasteiger partial charge in [-0.15, -0.1) is 0 Å². The minimum absolute atomic E-state index is 0.633. The molecule has 2 heterocycles. The summed E-state index contributed by atoms with van der Waals surface area (Å²) in [6, 6.07) is 1.33. The quantitative estimate of drug-likeness (QED) is 0.454. The highest BCUT2D eigenvalue weighted by Gasteiger charge is 2.32. The number of fused-ring (bicyclic) bond motifs is 1. The van der Waals surface area contributed by atoms with Crippen LogP contribution in [0, 0.1) is 0 Å². The van der Waals surface area contributed by atoms with Crippen molar-refractivity contribution in [3.63, 3.8) is 0 Å². The minimum atomic E-state index is 0.633. The maximum atomic E-state index is 5.81. The molecule has 0 unspecified atom stereocenters. The first-order chi connectivity index (χ1) is 4.88. The van der Waals surface area contributed by atoms with Gasteiger partial charge in [0.2, 0.25) is 0 Å². The number of hydrazine groups is 1. The number of piperidine rings is 1. The van der Waals surface area contributed by atoms with Gasteiger partial charge in [0, 0.05) is 18.6 Å². The van der Waals surface area contributed by atoms with E-state index in [1.165, 1.54) is 19.3 Å². The van der Waals surface area contributed by atoms with Crippen molar-refractivity contribution < 1.29 is 0 Å². The molecule has 0 amide bonds. The van der Waals surface area contributed by atoms with Crippen molar-refractivity contribution in [2.24, 2.45) is 5.84 Å². The van der Waals surface area contributed by atoms with Gasteiger partial charge in [-0.1, -0.05) is 0 Å². The lowest BCUT2D eigenvalue weighted by molar-refractivity contribution is 0.140. The Hall–Kier alpha value is -0.120. The molecule has 2 fully saturated rings. The predicted molar refractivity (Wildman–Crippen MR) is 40.3 cm³/mol. The molecule has 0 aromatic heterocycles. The van der Waals surface area contributed by atoms with Crippen LogP contribution in [0.2, 0.25) is 0 Å². The molecule has 0 saturated carbocycles. The van der Waals surface area contributed by atoms with Gasteiger partial charge in [0.25, 0.3) is 0 Å². The molecule has 0 spiro atoms. The third kappa shape index (κ3) is 0.944. The lowest BCUT2D eigenvalue weighted by atomic mass is 9.99. The fraction of sp³-hybridized carbons (Fsp3) is 1.00. The van der Waals surface area contributed by atoms with Crippen molar-refractivity contribution in [2.75, 3.05) is 13.1 Å². The largest absolute Gasteiger partial charge is 0.312 e. The number of rotatable bonds is 0. The molecular formula is C7H15N3. The fourth-order valence-corrected chi connectivity index (χ4v) is 2.10. The van der Waals surface area contributed by atoms with Gasteiger partial charge in [0.1, 0.15) is 0 Å².